The van der Waals surface area contributed by atoms with Crippen LogP contribution in [0.5, 0.6) is 0 Å². The van der Waals surface area contributed by atoms with E-state index in [1.54, 1.807) is 22.7 Å². The Bertz CT molecular complexity index is 1050. The van der Waals surface area contributed by atoms with Crippen LogP contribution in [0.1, 0.15) is 0 Å². The van der Waals surface area contributed by atoms with Gasteiger partial charge < -0.3 is 9.97 Å². The van der Waals surface area contributed by atoms with Gasteiger partial charge in [-0.15, -0.1) is 22.7 Å². The zero-order chi connectivity index (χ0) is 14.5. The second kappa shape index (κ2) is 4.56. The van der Waals surface area contributed by atoms with Crippen LogP contribution in [0.3, 0.4) is 0 Å². The maximum Gasteiger partial charge on any atom is 0.148 e. The van der Waals surface area contributed by atoms with Crippen molar-refractivity contribution in [3.05, 3.63) is 54.0 Å². The molecule has 0 saturated carbocycles. The quantitative estimate of drug-likeness (QED) is 0.443. The summed E-state index contributed by atoms with van der Waals surface area (Å²) in [7, 11) is 0. The van der Waals surface area contributed by atoms with Crippen LogP contribution in [0.25, 0.3) is 42.4 Å². The summed E-state index contributed by atoms with van der Waals surface area (Å²) in [6.07, 6.45) is 1.96. The maximum absolute atomic E-state index is 4.70. The van der Waals surface area contributed by atoms with Gasteiger partial charge in [-0.25, -0.2) is 4.98 Å². The fourth-order valence-electron chi connectivity index (χ4n) is 2.70. The summed E-state index contributed by atoms with van der Waals surface area (Å²) in [5, 5.41) is 2.22. The first-order valence-electron chi connectivity index (χ1n) is 6.98. The summed E-state index contributed by atoms with van der Waals surface area (Å²) in [4.78, 5) is 12.6. The van der Waals surface area contributed by atoms with Crippen molar-refractivity contribution in [1.82, 2.24) is 15.0 Å². The first-order valence-corrected chi connectivity index (χ1v) is 8.68. The van der Waals surface area contributed by atoms with Crippen LogP contribution in [-0.4, -0.2) is 15.0 Å². The number of nitrogens with zero attached hydrogens (tertiary/aromatic N) is 1. The highest BCUT2D eigenvalue weighted by Gasteiger charge is 2.14. The Hall–Kier alpha value is -2.37. The van der Waals surface area contributed by atoms with Crippen LogP contribution >= 0.6 is 22.7 Å². The molecule has 0 saturated heterocycles. The molecule has 0 aliphatic rings. The lowest BCUT2D eigenvalue weighted by atomic mass is 10.2. The van der Waals surface area contributed by atoms with Gasteiger partial charge in [0.2, 0.25) is 0 Å². The number of para-hydroxylation sites is 2. The van der Waals surface area contributed by atoms with Crippen molar-refractivity contribution in [1.29, 1.82) is 0 Å². The number of hydrogen-bond donors (Lipinski definition) is 2. The molecule has 0 amide bonds. The summed E-state index contributed by atoms with van der Waals surface area (Å²) >= 11 is 3.58. The molecule has 0 spiro atoms. The number of aromatic nitrogens is 3. The summed E-state index contributed by atoms with van der Waals surface area (Å²) < 4.78 is 2.63. The average molecular weight is 321 g/mol. The van der Waals surface area contributed by atoms with Crippen molar-refractivity contribution in [2.45, 2.75) is 0 Å². The van der Waals surface area contributed by atoms with Gasteiger partial charge in [0.1, 0.15) is 5.82 Å². The lowest BCUT2D eigenvalue weighted by Gasteiger charge is -1.92. The first-order chi connectivity index (χ1) is 10.9. The fraction of sp³-hybridized carbons (Fsp3) is 0. The number of imidazole rings is 1. The van der Waals surface area contributed by atoms with E-state index in [2.05, 4.69) is 33.5 Å². The molecule has 0 radical (unpaired) electrons. The van der Waals surface area contributed by atoms with E-state index in [0.717, 1.165) is 16.9 Å². The normalized spacial score (nSPS) is 11.6. The summed E-state index contributed by atoms with van der Waals surface area (Å²) in [6, 6.07) is 14.5. The molecule has 0 unspecified atom stereocenters. The average Bonchev–Trinajstić information content (AvgIpc) is 3.28. The number of aromatic amines is 2. The van der Waals surface area contributed by atoms with Crippen LogP contribution in [0.2, 0.25) is 0 Å². The molecule has 0 atom stereocenters. The lowest BCUT2D eigenvalue weighted by Crippen LogP contribution is -1.73. The molecule has 0 bridgehead atoms. The number of H-pyrrole nitrogens is 2. The monoisotopic (exact) mass is 321 g/mol. The van der Waals surface area contributed by atoms with Gasteiger partial charge in [-0.1, -0.05) is 12.1 Å². The molecular formula is C17H11N3S2. The fourth-order valence-corrected chi connectivity index (χ4v) is 5.03. The van der Waals surface area contributed by atoms with Gasteiger partial charge in [-0.3, -0.25) is 0 Å². The number of fused-ring (bicyclic) bond motifs is 2. The van der Waals surface area contributed by atoms with E-state index in [-0.39, 0.29) is 0 Å². The number of nitrogens with one attached hydrogen (secondary N) is 2. The summed E-state index contributed by atoms with van der Waals surface area (Å²) in [6.45, 7) is 0. The molecule has 4 aromatic heterocycles. The number of thiophene rings is 2. The van der Waals surface area contributed by atoms with E-state index >= 15 is 0 Å². The van der Waals surface area contributed by atoms with Gasteiger partial charge in [0.05, 0.1) is 20.6 Å². The van der Waals surface area contributed by atoms with Crippen molar-refractivity contribution in [3.63, 3.8) is 0 Å². The van der Waals surface area contributed by atoms with Crippen molar-refractivity contribution in [2.24, 2.45) is 0 Å². The van der Waals surface area contributed by atoms with E-state index in [9.17, 15) is 0 Å². The van der Waals surface area contributed by atoms with Crippen LogP contribution in [0.15, 0.2) is 54.0 Å². The molecule has 5 heteroatoms. The minimum absolute atomic E-state index is 0.951. The van der Waals surface area contributed by atoms with Crippen molar-refractivity contribution >= 4 is 43.1 Å². The Morgan fingerprint density at radius 1 is 1.05 bits per heavy atom. The first kappa shape index (κ1) is 12.2. The Kier molecular flexibility index (Phi) is 2.53. The van der Waals surface area contributed by atoms with E-state index < -0.39 is 0 Å². The maximum atomic E-state index is 4.70. The van der Waals surface area contributed by atoms with Gasteiger partial charge in [0.15, 0.2) is 0 Å². The van der Waals surface area contributed by atoms with Gasteiger partial charge in [0, 0.05) is 27.5 Å². The molecule has 22 heavy (non-hydrogen) atoms. The Balaban J connectivity index is 1.69. The summed E-state index contributed by atoms with van der Waals surface area (Å²) in [5.74, 6) is 0.951. The second-order valence-corrected chi connectivity index (χ2v) is 7.10. The van der Waals surface area contributed by atoms with Crippen LogP contribution in [0.4, 0.5) is 0 Å². The minimum Gasteiger partial charge on any atom is -0.361 e. The molecule has 5 aromatic rings. The Labute approximate surface area is 134 Å². The van der Waals surface area contributed by atoms with E-state index in [0.29, 0.717) is 0 Å². The van der Waals surface area contributed by atoms with Crippen LogP contribution in [0, 0.1) is 0 Å². The Morgan fingerprint density at radius 2 is 2.00 bits per heavy atom. The van der Waals surface area contributed by atoms with Gasteiger partial charge >= 0.3 is 0 Å². The van der Waals surface area contributed by atoms with Gasteiger partial charge in [-0.05, 0) is 30.3 Å². The molecule has 1 aromatic carbocycles. The number of rotatable bonds is 2. The molecule has 4 heterocycles. The number of benzene rings is 1. The minimum atomic E-state index is 0.951. The standard InChI is InChI=1S/C17H11N3S2/c1-2-5-13-12(4-1)19-17(20-13)15-8-14-16(22-15)10(9-21-14)11-6-3-7-18-11/h1-9,18H,(H,19,20). The van der Waals surface area contributed by atoms with Gasteiger partial charge in [0.25, 0.3) is 0 Å². The highest BCUT2D eigenvalue weighted by molar-refractivity contribution is 7.29. The second-order valence-electron chi connectivity index (χ2n) is 5.14. The molecule has 106 valence electrons. The largest absolute Gasteiger partial charge is 0.361 e. The molecule has 0 aliphatic carbocycles. The van der Waals surface area contributed by atoms with Crippen LogP contribution < -0.4 is 0 Å². The van der Waals surface area contributed by atoms with Crippen molar-refractivity contribution < 1.29 is 0 Å². The summed E-state index contributed by atoms with van der Waals surface area (Å²) in [5.41, 5.74) is 4.54. The van der Waals surface area contributed by atoms with Crippen LogP contribution in [-0.2, 0) is 0 Å². The molecule has 0 fully saturated rings. The van der Waals surface area contributed by atoms with E-state index in [4.69, 9.17) is 4.98 Å². The number of hydrogen-bond acceptors (Lipinski definition) is 3. The molecule has 5 rings (SSSR count). The van der Waals surface area contributed by atoms with Crippen molar-refractivity contribution in [2.75, 3.05) is 0 Å². The van der Waals surface area contributed by atoms with Crippen molar-refractivity contribution in [3.8, 4) is 22.0 Å². The highest BCUT2D eigenvalue weighted by Crippen LogP contribution is 2.42. The molecule has 0 aliphatic heterocycles. The lowest BCUT2D eigenvalue weighted by molar-refractivity contribution is 1.36. The van der Waals surface area contributed by atoms with E-state index in [1.807, 2.05) is 30.5 Å². The molecule has 2 N–H and O–H groups in total. The predicted molar refractivity (Wildman–Crippen MR) is 94.6 cm³/mol. The Morgan fingerprint density at radius 3 is 2.86 bits per heavy atom. The smallest absolute Gasteiger partial charge is 0.148 e. The third kappa shape index (κ3) is 1.76. The molecular weight excluding hydrogens is 310 g/mol. The zero-order valence-corrected chi connectivity index (χ0v) is 13.1. The topological polar surface area (TPSA) is 44.5 Å². The van der Waals surface area contributed by atoms with E-state index in [1.165, 1.54) is 25.5 Å². The third-order valence-electron chi connectivity index (χ3n) is 3.76. The predicted octanol–water partition coefficient (Wildman–Crippen LogP) is 5.50. The highest BCUT2D eigenvalue weighted by atomic mass is 32.1. The zero-order valence-electron chi connectivity index (χ0n) is 11.5. The third-order valence-corrected chi connectivity index (χ3v) is 5.99. The SMILES string of the molecule is c1c[nH]c(-c2csc3cc(-c4nc5ccccc5[nH]4)sc23)c1. The van der Waals surface area contributed by atoms with Gasteiger partial charge in [-0.2, -0.15) is 0 Å². The molecule has 3 nitrogen and oxygen atoms in total.